The van der Waals surface area contributed by atoms with E-state index in [0.29, 0.717) is 0 Å². The van der Waals surface area contributed by atoms with Crippen LogP contribution in [-0.4, -0.2) is 66.5 Å². The SMILES string of the molecule is [N-]=[N+]=NCC1C=CC(N=[N+]=[N-])[C@@H](OC2C(N=[N+]=[N-])CC(N=[N+]=[N-])C(OC(=O)c3ccccc3)[C@H]2O)O1. The van der Waals surface area contributed by atoms with Crippen molar-refractivity contribution in [1.82, 2.24) is 0 Å². The highest BCUT2D eigenvalue weighted by atomic mass is 16.7. The van der Waals surface area contributed by atoms with Crippen LogP contribution in [0.15, 0.2) is 62.9 Å². The van der Waals surface area contributed by atoms with E-state index in [-0.39, 0.29) is 18.5 Å². The Morgan fingerprint density at radius 2 is 1.64 bits per heavy atom. The number of carbonyl (C=O) groups is 1. The van der Waals surface area contributed by atoms with E-state index in [1.807, 2.05) is 0 Å². The van der Waals surface area contributed by atoms with Gasteiger partial charge in [-0.1, -0.05) is 50.8 Å². The zero-order valence-corrected chi connectivity index (χ0v) is 18.5. The van der Waals surface area contributed by atoms with Gasteiger partial charge in [-0.25, -0.2) is 4.79 Å². The van der Waals surface area contributed by atoms with Crippen LogP contribution < -0.4 is 0 Å². The maximum atomic E-state index is 12.7. The standard InChI is InChI=1S/C19H20N12O5/c20-28-24-9-11-6-7-12(25-29-21)19(34-11)36-17-14(27-31-23)8-13(26-30-22)16(15(17)32)35-18(33)10-4-2-1-3-5-10/h1-7,11-17,19,32H,8-9H2/t11?,12?,13?,14?,15-,16?,17?,19-/m1/s1. The molecular formula is C19H20N12O5. The van der Waals surface area contributed by atoms with Crippen molar-refractivity contribution in [3.05, 3.63) is 89.8 Å². The number of nitrogens with zero attached hydrogens (tertiary/aromatic N) is 12. The molecule has 0 spiro atoms. The minimum atomic E-state index is -1.63. The van der Waals surface area contributed by atoms with Crippen molar-refractivity contribution >= 4 is 5.97 Å². The third kappa shape index (κ3) is 6.36. The minimum Gasteiger partial charge on any atom is -0.455 e. The third-order valence-corrected chi connectivity index (χ3v) is 5.48. The zero-order valence-electron chi connectivity index (χ0n) is 18.5. The zero-order chi connectivity index (χ0) is 25.9. The second kappa shape index (κ2) is 12.9. The van der Waals surface area contributed by atoms with Crippen LogP contribution in [0.2, 0.25) is 0 Å². The molecule has 0 saturated heterocycles. The van der Waals surface area contributed by atoms with Crippen LogP contribution in [0, 0.1) is 0 Å². The Bertz CT molecular complexity index is 1150. The van der Waals surface area contributed by atoms with Gasteiger partial charge in [-0.05, 0) is 40.7 Å². The summed E-state index contributed by atoms with van der Waals surface area (Å²) in [4.78, 5) is 23.6. The molecule has 1 aliphatic heterocycles. The fourth-order valence-electron chi connectivity index (χ4n) is 3.87. The number of ether oxygens (including phenoxy) is 3. The summed E-state index contributed by atoms with van der Waals surface area (Å²) < 4.78 is 17.1. The Labute approximate surface area is 202 Å². The van der Waals surface area contributed by atoms with Crippen molar-refractivity contribution in [2.24, 2.45) is 20.5 Å². The monoisotopic (exact) mass is 496 g/mol. The Morgan fingerprint density at radius 1 is 0.972 bits per heavy atom. The third-order valence-electron chi connectivity index (χ3n) is 5.48. The number of hydrogen-bond acceptors (Lipinski definition) is 9. The Hall–Kier alpha value is -4.45. The molecule has 8 atom stereocenters. The summed E-state index contributed by atoms with van der Waals surface area (Å²) in [5.74, 6) is -0.781. The molecule has 2 aliphatic rings. The first-order valence-electron chi connectivity index (χ1n) is 10.6. The van der Waals surface area contributed by atoms with E-state index in [1.54, 1.807) is 18.2 Å². The van der Waals surface area contributed by atoms with Gasteiger partial charge in [0.1, 0.15) is 18.2 Å². The lowest BCUT2D eigenvalue weighted by molar-refractivity contribution is -0.232. The van der Waals surface area contributed by atoms with Gasteiger partial charge in [0.2, 0.25) is 0 Å². The lowest BCUT2D eigenvalue weighted by Crippen LogP contribution is -2.59. The molecule has 1 saturated carbocycles. The molecular weight excluding hydrogens is 476 g/mol. The van der Waals surface area contributed by atoms with Crippen molar-refractivity contribution in [2.75, 3.05) is 6.54 Å². The molecule has 1 aromatic carbocycles. The second-order valence-electron chi connectivity index (χ2n) is 7.64. The first-order chi connectivity index (χ1) is 17.5. The molecule has 0 aromatic heterocycles. The smallest absolute Gasteiger partial charge is 0.338 e. The van der Waals surface area contributed by atoms with Crippen LogP contribution in [0.25, 0.3) is 41.8 Å². The van der Waals surface area contributed by atoms with Gasteiger partial charge < -0.3 is 19.3 Å². The van der Waals surface area contributed by atoms with Crippen molar-refractivity contribution in [3.8, 4) is 0 Å². The van der Waals surface area contributed by atoms with E-state index in [2.05, 4.69) is 40.1 Å². The summed E-state index contributed by atoms with van der Waals surface area (Å²) >= 11 is 0. The number of aliphatic hydroxyl groups is 1. The number of benzene rings is 1. The maximum Gasteiger partial charge on any atom is 0.338 e. The van der Waals surface area contributed by atoms with Crippen LogP contribution in [0.4, 0.5) is 0 Å². The number of rotatable bonds is 9. The lowest BCUT2D eigenvalue weighted by Gasteiger charge is -2.43. The number of carbonyl (C=O) groups excluding carboxylic acids is 1. The van der Waals surface area contributed by atoms with Gasteiger partial charge in [0, 0.05) is 19.6 Å². The molecule has 1 N–H and O–H groups in total. The van der Waals surface area contributed by atoms with Crippen LogP contribution in [-0.2, 0) is 14.2 Å². The van der Waals surface area contributed by atoms with E-state index in [4.69, 9.17) is 36.3 Å². The molecule has 36 heavy (non-hydrogen) atoms. The largest absolute Gasteiger partial charge is 0.455 e. The van der Waals surface area contributed by atoms with Gasteiger partial charge in [-0.15, -0.1) is 0 Å². The van der Waals surface area contributed by atoms with Gasteiger partial charge in [-0.3, -0.25) is 0 Å². The molecule has 1 heterocycles. The minimum absolute atomic E-state index is 0.0842. The van der Waals surface area contributed by atoms with Gasteiger partial charge >= 0.3 is 5.97 Å². The van der Waals surface area contributed by atoms with E-state index in [0.717, 1.165) is 0 Å². The molecule has 3 rings (SSSR count). The van der Waals surface area contributed by atoms with Crippen molar-refractivity contribution < 1.29 is 24.1 Å². The highest BCUT2D eigenvalue weighted by Crippen LogP contribution is 2.33. The first kappa shape index (κ1) is 26.2. The molecule has 17 nitrogen and oxygen atoms in total. The summed E-state index contributed by atoms with van der Waals surface area (Å²) in [5.41, 5.74) is 35.7. The predicted molar refractivity (Wildman–Crippen MR) is 122 cm³/mol. The summed E-state index contributed by atoms with van der Waals surface area (Å²) in [6.07, 6.45) is -3.42. The van der Waals surface area contributed by atoms with Crippen molar-refractivity contribution in [2.45, 2.75) is 55.3 Å². The number of hydrogen-bond donors (Lipinski definition) is 1. The van der Waals surface area contributed by atoms with Crippen molar-refractivity contribution in [1.29, 1.82) is 0 Å². The van der Waals surface area contributed by atoms with Crippen LogP contribution in [0.1, 0.15) is 16.8 Å². The summed E-state index contributed by atoms with van der Waals surface area (Å²) in [6.45, 7) is -0.0842. The molecule has 0 bridgehead atoms. The van der Waals surface area contributed by atoms with Gasteiger partial charge in [0.25, 0.3) is 0 Å². The van der Waals surface area contributed by atoms with Crippen LogP contribution in [0.3, 0.4) is 0 Å². The molecule has 1 fully saturated rings. The highest BCUT2D eigenvalue weighted by Gasteiger charge is 2.48. The number of aliphatic hydroxyl groups excluding tert-OH is 1. The molecule has 1 aromatic rings. The predicted octanol–water partition coefficient (Wildman–Crippen LogP) is 3.99. The fraction of sp³-hybridized carbons (Fsp3) is 0.526. The Kier molecular flexibility index (Phi) is 9.34. The van der Waals surface area contributed by atoms with Crippen LogP contribution >= 0.6 is 0 Å². The Morgan fingerprint density at radius 3 is 2.28 bits per heavy atom. The second-order valence-corrected chi connectivity index (χ2v) is 7.64. The van der Waals surface area contributed by atoms with E-state index in [9.17, 15) is 9.90 Å². The van der Waals surface area contributed by atoms with E-state index >= 15 is 0 Å². The normalized spacial score (nSPS) is 30.9. The quantitative estimate of drug-likeness (QED) is 0.174. The topological polar surface area (TPSA) is 260 Å². The summed E-state index contributed by atoms with van der Waals surface area (Å²) in [7, 11) is 0. The maximum absolute atomic E-state index is 12.7. The molecule has 0 amide bonds. The van der Waals surface area contributed by atoms with Gasteiger partial charge in [-0.2, -0.15) is 0 Å². The lowest BCUT2D eigenvalue weighted by atomic mass is 9.84. The number of esters is 1. The van der Waals surface area contributed by atoms with Gasteiger partial charge in [0.15, 0.2) is 6.29 Å². The number of azide groups is 4. The molecule has 0 radical (unpaired) electrons. The van der Waals surface area contributed by atoms with Gasteiger partial charge in [0.05, 0.1) is 36.4 Å². The molecule has 1 aliphatic carbocycles. The fourth-order valence-corrected chi connectivity index (χ4v) is 3.87. The average Bonchev–Trinajstić information content (AvgIpc) is 2.89. The first-order valence-corrected chi connectivity index (χ1v) is 10.6. The van der Waals surface area contributed by atoms with E-state index < -0.39 is 54.8 Å². The molecule has 6 unspecified atom stereocenters. The van der Waals surface area contributed by atoms with E-state index in [1.165, 1.54) is 24.3 Å². The summed E-state index contributed by atoms with van der Waals surface area (Å²) in [6, 6.07) is 4.85. The molecule has 17 heteroatoms. The molecule has 186 valence electrons. The van der Waals surface area contributed by atoms with Crippen molar-refractivity contribution in [3.63, 3.8) is 0 Å². The average molecular weight is 496 g/mol. The van der Waals surface area contributed by atoms with Crippen LogP contribution in [0.5, 0.6) is 0 Å². The Balaban J connectivity index is 1.90. The highest BCUT2D eigenvalue weighted by molar-refractivity contribution is 5.89. The summed E-state index contributed by atoms with van der Waals surface area (Å²) in [5, 5.41) is 25.5.